The second-order valence-corrected chi connectivity index (χ2v) is 6.52. The van der Waals surface area contributed by atoms with E-state index in [9.17, 15) is 4.39 Å². The average molecular weight is 275 g/mol. The summed E-state index contributed by atoms with van der Waals surface area (Å²) in [5.41, 5.74) is 8.59. The molecule has 1 aliphatic rings. The summed E-state index contributed by atoms with van der Waals surface area (Å²) >= 11 is 0. The van der Waals surface area contributed by atoms with Crippen LogP contribution in [0.1, 0.15) is 44.6 Å². The minimum atomic E-state index is -0.217. The van der Waals surface area contributed by atoms with Crippen LogP contribution < -0.4 is 5.73 Å². The highest BCUT2D eigenvalue weighted by Gasteiger charge is 2.28. The summed E-state index contributed by atoms with van der Waals surface area (Å²) in [5, 5.41) is 0. The molecule has 0 unspecified atom stereocenters. The Hall–Kier alpha value is -1.58. The number of rotatable bonds is 2. The molecule has 108 valence electrons. The van der Waals surface area contributed by atoms with Crippen LogP contribution in [0.5, 0.6) is 0 Å². The second kappa shape index (κ2) is 4.76. The van der Waals surface area contributed by atoms with Crippen LogP contribution >= 0.6 is 0 Å². The Labute approximate surface area is 119 Å². The van der Waals surface area contributed by atoms with E-state index in [1.165, 1.54) is 38.2 Å². The highest BCUT2D eigenvalue weighted by Crippen LogP contribution is 2.38. The number of aryl methyl sites for hydroxylation is 1. The summed E-state index contributed by atoms with van der Waals surface area (Å²) in [5.74, 6) is 0.280. The Morgan fingerprint density at radius 2 is 2.00 bits per heavy atom. The van der Waals surface area contributed by atoms with Gasteiger partial charge in [-0.25, -0.2) is 9.37 Å². The number of nitrogens with zero attached hydrogens (tertiary/aromatic N) is 2. The lowest BCUT2D eigenvalue weighted by Crippen LogP contribution is -2.26. The Bertz CT molecular complexity index is 639. The van der Waals surface area contributed by atoms with Crippen molar-refractivity contribution in [1.29, 1.82) is 0 Å². The number of hydrogen-bond donors (Lipinski definition) is 1. The van der Waals surface area contributed by atoms with Gasteiger partial charge in [0.05, 0.1) is 11.0 Å². The number of fused-ring (bicyclic) bond motifs is 1. The molecule has 1 fully saturated rings. The number of aromatic nitrogens is 2. The van der Waals surface area contributed by atoms with Crippen LogP contribution in [0.2, 0.25) is 0 Å². The molecule has 1 saturated carbocycles. The van der Waals surface area contributed by atoms with Crippen LogP contribution in [0.3, 0.4) is 0 Å². The van der Waals surface area contributed by atoms with E-state index in [0.717, 1.165) is 12.1 Å². The van der Waals surface area contributed by atoms with Crippen LogP contribution in [0, 0.1) is 18.2 Å². The number of nitrogens with two attached hydrogens (primary N) is 1. The fourth-order valence-corrected chi connectivity index (χ4v) is 3.38. The third-order valence-electron chi connectivity index (χ3n) is 4.66. The zero-order chi connectivity index (χ0) is 14.3. The number of nitrogen functional groups attached to an aromatic ring is 1. The summed E-state index contributed by atoms with van der Waals surface area (Å²) in [4.78, 5) is 4.31. The minimum absolute atomic E-state index is 0.217. The fraction of sp³-hybridized carbons (Fsp3) is 0.562. The van der Waals surface area contributed by atoms with Crippen molar-refractivity contribution in [3.63, 3.8) is 0 Å². The highest BCUT2D eigenvalue weighted by atomic mass is 19.1. The lowest BCUT2D eigenvalue weighted by atomic mass is 9.75. The van der Waals surface area contributed by atoms with Crippen molar-refractivity contribution in [1.82, 2.24) is 9.55 Å². The molecule has 0 spiro atoms. The molecular weight excluding hydrogens is 253 g/mol. The molecule has 3 rings (SSSR count). The zero-order valence-electron chi connectivity index (χ0n) is 12.2. The lowest BCUT2D eigenvalue weighted by Gasteiger charge is -2.34. The lowest BCUT2D eigenvalue weighted by molar-refractivity contribution is 0.186. The topological polar surface area (TPSA) is 43.8 Å². The molecule has 20 heavy (non-hydrogen) atoms. The van der Waals surface area contributed by atoms with E-state index in [-0.39, 0.29) is 11.2 Å². The van der Waals surface area contributed by atoms with Crippen molar-refractivity contribution in [3.8, 4) is 0 Å². The predicted molar refractivity (Wildman–Crippen MR) is 80.0 cm³/mol. The van der Waals surface area contributed by atoms with Gasteiger partial charge in [0, 0.05) is 12.6 Å². The summed E-state index contributed by atoms with van der Waals surface area (Å²) in [6, 6.07) is 3.35. The van der Waals surface area contributed by atoms with Crippen molar-refractivity contribution < 1.29 is 4.39 Å². The number of hydrogen-bond acceptors (Lipinski definition) is 2. The fourth-order valence-electron chi connectivity index (χ4n) is 3.38. The van der Waals surface area contributed by atoms with E-state index in [1.54, 1.807) is 6.92 Å². The third kappa shape index (κ3) is 2.28. The molecule has 4 heteroatoms. The highest BCUT2D eigenvalue weighted by molar-refractivity contribution is 5.79. The van der Waals surface area contributed by atoms with Gasteiger partial charge in [-0.2, -0.15) is 0 Å². The maximum Gasteiger partial charge on any atom is 0.201 e. The molecule has 2 N–H and O–H groups in total. The van der Waals surface area contributed by atoms with E-state index in [1.807, 2.05) is 6.07 Å². The van der Waals surface area contributed by atoms with Crippen LogP contribution in [0.4, 0.5) is 10.3 Å². The maximum absolute atomic E-state index is 13.6. The SMILES string of the molecule is Cc1cc2c(cc1F)nc(N)n2CC1(C)CCCCC1. The molecule has 1 aromatic carbocycles. The molecule has 1 aliphatic carbocycles. The van der Waals surface area contributed by atoms with Crippen LogP contribution in [0.25, 0.3) is 11.0 Å². The Morgan fingerprint density at radius 3 is 2.70 bits per heavy atom. The largest absolute Gasteiger partial charge is 0.369 e. The molecular formula is C16H22FN3. The Balaban J connectivity index is 2.02. The molecule has 1 heterocycles. The normalized spacial score (nSPS) is 18.6. The molecule has 3 nitrogen and oxygen atoms in total. The molecule has 0 saturated heterocycles. The first-order valence-corrected chi connectivity index (χ1v) is 7.40. The van der Waals surface area contributed by atoms with Gasteiger partial charge in [0.15, 0.2) is 0 Å². The summed E-state index contributed by atoms with van der Waals surface area (Å²) in [6.07, 6.45) is 6.37. The molecule has 0 atom stereocenters. The quantitative estimate of drug-likeness (QED) is 0.899. The van der Waals surface area contributed by atoms with Crippen LogP contribution in [-0.2, 0) is 6.54 Å². The van der Waals surface area contributed by atoms with Gasteiger partial charge in [0.25, 0.3) is 0 Å². The first kappa shape index (κ1) is 13.4. The second-order valence-electron chi connectivity index (χ2n) is 6.52. The van der Waals surface area contributed by atoms with Crippen molar-refractivity contribution in [2.45, 2.75) is 52.5 Å². The molecule has 1 aromatic heterocycles. The van der Waals surface area contributed by atoms with Gasteiger partial charge in [-0.15, -0.1) is 0 Å². The predicted octanol–water partition coefficient (Wildman–Crippen LogP) is 4.04. The van der Waals surface area contributed by atoms with Crippen molar-refractivity contribution in [2.75, 3.05) is 5.73 Å². The van der Waals surface area contributed by atoms with Gasteiger partial charge in [-0.3, -0.25) is 0 Å². The Kier molecular flexibility index (Phi) is 3.19. The van der Waals surface area contributed by atoms with Gasteiger partial charge < -0.3 is 10.3 Å². The van der Waals surface area contributed by atoms with Gasteiger partial charge in [-0.1, -0.05) is 26.2 Å². The van der Waals surface area contributed by atoms with Crippen molar-refractivity contribution in [2.24, 2.45) is 5.41 Å². The van der Waals surface area contributed by atoms with Gasteiger partial charge in [0.1, 0.15) is 5.82 Å². The summed E-state index contributed by atoms with van der Waals surface area (Å²) < 4.78 is 15.7. The maximum atomic E-state index is 13.6. The molecule has 0 bridgehead atoms. The monoisotopic (exact) mass is 275 g/mol. The van der Waals surface area contributed by atoms with Crippen molar-refractivity contribution in [3.05, 3.63) is 23.5 Å². The smallest absolute Gasteiger partial charge is 0.201 e. The Morgan fingerprint density at radius 1 is 1.30 bits per heavy atom. The van der Waals surface area contributed by atoms with Crippen LogP contribution in [-0.4, -0.2) is 9.55 Å². The van der Waals surface area contributed by atoms with E-state index >= 15 is 0 Å². The molecule has 0 amide bonds. The number of benzene rings is 1. The number of anilines is 1. The first-order chi connectivity index (χ1) is 9.48. The number of imidazole rings is 1. The van der Waals surface area contributed by atoms with Gasteiger partial charge in [-0.05, 0) is 36.8 Å². The molecule has 2 aromatic rings. The summed E-state index contributed by atoms with van der Waals surface area (Å²) in [7, 11) is 0. The molecule has 0 radical (unpaired) electrons. The van der Waals surface area contributed by atoms with Crippen molar-refractivity contribution >= 4 is 17.0 Å². The first-order valence-electron chi connectivity index (χ1n) is 7.40. The zero-order valence-corrected chi connectivity index (χ0v) is 12.2. The molecule has 0 aliphatic heterocycles. The van der Waals surface area contributed by atoms with Gasteiger partial charge in [0.2, 0.25) is 5.95 Å². The average Bonchev–Trinajstić information content (AvgIpc) is 2.67. The van der Waals surface area contributed by atoms with Crippen LogP contribution in [0.15, 0.2) is 12.1 Å². The summed E-state index contributed by atoms with van der Waals surface area (Å²) in [6.45, 7) is 4.98. The van der Waals surface area contributed by atoms with E-state index in [0.29, 0.717) is 17.0 Å². The van der Waals surface area contributed by atoms with Gasteiger partial charge >= 0.3 is 0 Å². The standard InChI is InChI=1S/C16H22FN3/c1-11-8-14-13(9-12(11)17)19-15(18)20(14)10-16(2)6-4-3-5-7-16/h8-9H,3-7,10H2,1-2H3,(H2,18,19). The van der Waals surface area contributed by atoms with E-state index < -0.39 is 0 Å². The number of halogens is 1. The minimum Gasteiger partial charge on any atom is -0.369 e. The van der Waals surface area contributed by atoms with E-state index in [2.05, 4.69) is 16.5 Å². The third-order valence-corrected chi connectivity index (χ3v) is 4.66. The van der Waals surface area contributed by atoms with E-state index in [4.69, 9.17) is 5.73 Å².